The van der Waals surface area contributed by atoms with Crippen molar-refractivity contribution in [3.63, 3.8) is 0 Å². The van der Waals surface area contributed by atoms with Gasteiger partial charge >= 0.3 is 5.97 Å². The SMILES string of the molecule is O=C1CCN(c2ccc(F)c(C(=O)O)c2)CC1. The monoisotopic (exact) mass is 237 g/mol. The first-order valence-electron chi connectivity index (χ1n) is 5.37. The molecule has 5 heteroatoms. The lowest BCUT2D eigenvalue weighted by atomic mass is 10.1. The number of rotatable bonds is 2. The van der Waals surface area contributed by atoms with Crippen molar-refractivity contribution in [2.45, 2.75) is 12.8 Å². The summed E-state index contributed by atoms with van der Waals surface area (Å²) in [6.45, 7) is 1.12. The van der Waals surface area contributed by atoms with E-state index in [9.17, 15) is 14.0 Å². The quantitative estimate of drug-likeness (QED) is 0.850. The highest BCUT2D eigenvalue weighted by atomic mass is 19.1. The van der Waals surface area contributed by atoms with Crippen LogP contribution in [0.5, 0.6) is 0 Å². The van der Waals surface area contributed by atoms with Crippen LogP contribution in [0.15, 0.2) is 18.2 Å². The molecule has 0 atom stereocenters. The minimum Gasteiger partial charge on any atom is -0.478 e. The van der Waals surface area contributed by atoms with E-state index < -0.39 is 11.8 Å². The molecule has 0 aliphatic carbocycles. The highest BCUT2D eigenvalue weighted by molar-refractivity contribution is 5.89. The number of hydrogen-bond donors (Lipinski definition) is 1. The molecule has 0 amide bonds. The van der Waals surface area contributed by atoms with Crippen LogP contribution in [0.1, 0.15) is 23.2 Å². The Labute approximate surface area is 97.7 Å². The summed E-state index contributed by atoms with van der Waals surface area (Å²) in [4.78, 5) is 23.8. The molecule has 1 aliphatic heterocycles. The highest BCUT2D eigenvalue weighted by Crippen LogP contribution is 2.21. The van der Waals surface area contributed by atoms with Gasteiger partial charge in [0.1, 0.15) is 11.6 Å². The smallest absolute Gasteiger partial charge is 0.338 e. The molecule has 0 saturated carbocycles. The van der Waals surface area contributed by atoms with Crippen molar-refractivity contribution in [2.75, 3.05) is 18.0 Å². The number of halogens is 1. The van der Waals surface area contributed by atoms with Gasteiger partial charge in [-0.2, -0.15) is 0 Å². The third-order valence-electron chi connectivity index (χ3n) is 2.87. The molecular formula is C12H12FNO3. The number of carboxylic acids is 1. The molecule has 0 unspecified atom stereocenters. The summed E-state index contributed by atoms with van der Waals surface area (Å²) in [6.07, 6.45) is 0.916. The van der Waals surface area contributed by atoms with E-state index in [1.807, 2.05) is 4.90 Å². The zero-order valence-corrected chi connectivity index (χ0v) is 9.15. The lowest BCUT2D eigenvalue weighted by molar-refractivity contribution is -0.119. The third-order valence-corrected chi connectivity index (χ3v) is 2.87. The summed E-state index contributed by atoms with van der Waals surface area (Å²) in [5, 5.41) is 8.82. The van der Waals surface area contributed by atoms with E-state index in [1.54, 1.807) is 0 Å². The number of anilines is 1. The molecular weight excluding hydrogens is 225 g/mol. The number of carboxylic acid groups (broad SMARTS) is 1. The normalized spacial score (nSPS) is 16.1. The van der Waals surface area contributed by atoms with Crippen LogP contribution in [-0.2, 0) is 4.79 Å². The minimum atomic E-state index is -1.28. The number of Topliss-reactive ketones (excluding diaryl/α,β-unsaturated/α-hetero) is 1. The van der Waals surface area contributed by atoms with Crippen molar-refractivity contribution in [1.82, 2.24) is 0 Å². The molecule has 1 aliphatic rings. The van der Waals surface area contributed by atoms with Gasteiger partial charge in [0.25, 0.3) is 0 Å². The Balaban J connectivity index is 2.24. The fraction of sp³-hybridized carbons (Fsp3) is 0.333. The van der Waals surface area contributed by atoms with E-state index in [-0.39, 0.29) is 11.3 Å². The van der Waals surface area contributed by atoms with E-state index in [1.165, 1.54) is 12.1 Å². The molecule has 0 bridgehead atoms. The number of ketones is 1. The lowest BCUT2D eigenvalue weighted by Crippen LogP contribution is -2.33. The molecule has 0 aromatic heterocycles. The second kappa shape index (κ2) is 4.53. The predicted molar refractivity (Wildman–Crippen MR) is 59.8 cm³/mol. The number of piperidine rings is 1. The van der Waals surface area contributed by atoms with Crippen LogP contribution in [0.2, 0.25) is 0 Å². The van der Waals surface area contributed by atoms with Crippen molar-refractivity contribution < 1.29 is 19.1 Å². The maximum absolute atomic E-state index is 13.2. The topological polar surface area (TPSA) is 57.6 Å². The average molecular weight is 237 g/mol. The van der Waals surface area contributed by atoms with E-state index >= 15 is 0 Å². The van der Waals surface area contributed by atoms with Crippen LogP contribution < -0.4 is 4.90 Å². The molecule has 2 rings (SSSR count). The van der Waals surface area contributed by atoms with E-state index in [0.717, 1.165) is 6.07 Å². The number of carbonyl (C=O) groups excluding carboxylic acids is 1. The van der Waals surface area contributed by atoms with Gasteiger partial charge in [0, 0.05) is 31.6 Å². The standard InChI is InChI=1S/C12H12FNO3/c13-11-2-1-8(7-10(11)12(16)17)14-5-3-9(15)4-6-14/h1-2,7H,3-6H2,(H,16,17). The fourth-order valence-electron chi connectivity index (χ4n) is 1.89. The Morgan fingerprint density at radius 1 is 1.29 bits per heavy atom. The summed E-state index contributed by atoms with van der Waals surface area (Å²) in [6, 6.07) is 4.00. The predicted octanol–water partition coefficient (Wildman–Crippen LogP) is 1.69. The van der Waals surface area contributed by atoms with E-state index in [2.05, 4.69) is 0 Å². The molecule has 1 aromatic carbocycles. The van der Waals surface area contributed by atoms with Crippen LogP contribution in [0.3, 0.4) is 0 Å². The van der Waals surface area contributed by atoms with Crippen LogP contribution in [0, 0.1) is 5.82 Å². The second-order valence-corrected chi connectivity index (χ2v) is 4.00. The highest BCUT2D eigenvalue weighted by Gasteiger charge is 2.18. The van der Waals surface area contributed by atoms with Crippen molar-refractivity contribution in [1.29, 1.82) is 0 Å². The molecule has 1 fully saturated rings. The molecule has 4 nitrogen and oxygen atoms in total. The first-order valence-corrected chi connectivity index (χ1v) is 5.37. The van der Waals surface area contributed by atoms with Gasteiger partial charge in [0.05, 0.1) is 5.56 Å². The van der Waals surface area contributed by atoms with Crippen LogP contribution >= 0.6 is 0 Å². The Morgan fingerprint density at radius 3 is 2.53 bits per heavy atom. The Kier molecular flexibility index (Phi) is 3.08. The van der Waals surface area contributed by atoms with Crippen LogP contribution in [0.4, 0.5) is 10.1 Å². The maximum Gasteiger partial charge on any atom is 0.338 e. The number of carbonyl (C=O) groups is 2. The van der Waals surface area contributed by atoms with Crippen LogP contribution in [0.25, 0.3) is 0 Å². The summed E-state index contributed by atoms with van der Waals surface area (Å²) in [7, 11) is 0. The average Bonchev–Trinajstić information content (AvgIpc) is 2.30. The molecule has 0 spiro atoms. The van der Waals surface area contributed by atoms with Crippen LogP contribution in [-0.4, -0.2) is 29.9 Å². The number of aromatic carboxylic acids is 1. The molecule has 90 valence electrons. The number of benzene rings is 1. The van der Waals surface area contributed by atoms with Crippen molar-refractivity contribution in [2.24, 2.45) is 0 Å². The number of nitrogens with zero attached hydrogens (tertiary/aromatic N) is 1. The first-order chi connectivity index (χ1) is 8.08. The molecule has 1 aromatic rings. The number of hydrogen-bond acceptors (Lipinski definition) is 3. The van der Waals surface area contributed by atoms with Gasteiger partial charge in [-0.05, 0) is 18.2 Å². The maximum atomic E-state index is 13.2. The summed E-state index contributed by atoms with van der Waals surface area (Å²) >= 11 is 0. The Morgan fingerprint density at radius 2 is 1.94 bits per heavy atom. The molecule has 0 radical (unpaired) electrons. The zero-order chi connectivity index (χ0) is 12.4. The molecule has 1 saturated heterocycles. The van der Waals surface area contributed by atoms with Crippen molar-refractivity contribution in [3.05, 3.63) is 29.6 Å². The summed E-state index contributed by atoms with van der Waals surface area (Å²) in [5.74, 6) is -1.81. The summed E-state index contributed by atoms with van der Waals surface area (Å²) in [5.41, 5.74) is 0.315. The van der Waals surface area contributed by atoms with Gasteiger partial charge in [-0.1, -0.05) is 0 Å². The lowest BCUT2D eigenvalue weighted by Gasteiger charge is -2.28. The first kappa shape index (κ1) is 11.6. The Bertz CT molecular complexity index is 463. The van der Waals surface area contributed by atoms with E-state index in [4.69, 9.17) is 5.11 Å². The Hall–Kier alpha value is -1.91. The van der Waals surface area contributed by atoms with Crippen molar-refractivity contribution in [3.8, 4) is 0 Å². The van der Waals surface area contributed by atoms with Crippen molar-refractivity contribution >= 4 is 17.4 Å². The molecule has 1 heterocycles. The molecule has 17 heavy (non-hydrogen) atoms. The van der Waals surface area contributed by atoms with Gasteiger partial charge in [-0.15, -0.1) is 0 Å². The summed E-state index contributed by atoms with van der Waals surface area (Å²) < 4.78 is 13.2. The minimum absolute atomic E-state index is 0.210. The van der Waals surface area contributed by atoms with Gasteiger partial charge in [0.2, 0.25) is 0 Å². The third kappa shape index (κ3) is 2.43. The van der Waals surface area contributed by atoms with Gasteiger partial charge in [-0.3, -0.25) is 4.79 Å². The second-order valence-electron chi connectivity index (χ2n) is 4.00. The largest absolute Gasteiger partial charge is 0.478 e. The van der Waals surface area contributed by atoms with E-state index in [0.29, 0.717) is 31.6 Å². The molecule has 1 N–H and O–H groups in total. The van der Waals surface area contributed by atoms with Gasteiger partial charge in [0.15, 0.2) is 0 Å². The van der Waals surface area contributed by atoms with Gasteiger partial charge in [-0.25, -0.2) is 9.18 Å². The fourth-order valence-corrected chi connectivity index (χ4v) is 1.89. The zero-order valence-electron chi connectivity index (χ0n) is 9.15. The van der Waals surface area contributed by atoms with Gasteiger partial charge < -0.3 is 10.0 Å².